The van der Waals surface area contributed by atoms with E-state index >= 15 is 0 Å². The van der Waals surface area contributed by atoms with E-state index < -0.39 is 0 Å². The molecule has 0 saturated heterocycles. The van der Waals surface area contributed by atoms with Crippen molar-refractivity contribution in [3.05, 3.63) is 30.3 Å². The van der Waals surface area contributed by atoms with E-state index in [2.05, 4.69) is 26.1 Å². The second-order valence-electron chi connectivity index (χ2n) is 5.94. The van der Waals surface area contributed by atoms with Crippen LogP contribution in [0, 0.1) is 5.92 Å². The maximum absolute atomic E-state index is 5.73. The van der Waals surface area contributed by atoms with E-state index in [1.807, 2.05) is 30.3 Å². The minimum absolute atomic E-state index is 0.673. The van der Waals surface area contributed by atoms with Gasteiger partial charge in [0.25, 0.3) is 0 Å². The highest BCUT2D eigenvalue weighted by Gasteiger charge is 2.09. The summed E-state index contributed by atoms with van der Waals surface area (Å²) in [6.07, 6.45) is 6.12. The van der Waals surface area contributed by atoms with Crippen molar-refractivity contribution in [1.82, 2.24) is 5.32 Å². The summed E-state index contributed by atoms with van der Waals surface area (Å²) in [4.78, 5) is 0. The van der Waals surface area contributed by atoms with Crippen LogP contribution >= 0.6 is 0 Å². The molecule has 0 aliphatic carbocycles. The van der Waals surface area contributed by atoms with Crippen LogP contribution in [0.15, 0.2) is 30.3 Å². The third kappa shape index (κ3) is 8.21. The molecule has 1 N–H and O–H groups in total. The topological polar surface area (TPSA) is 21.3 Å². The van der Waals surface area contributed by atoms with Gasteiger partial charge in [-0.3, -0.25) is 0 Å². The highest BCUT2D eigenvalue weighted by Crippen LogP contribution is 2.13. The molecule has 114 valence electrons. The average Bonchev–Trinajstić information content (AvgIpc) is 2.44. The van der Waals surface area contributed by atoms with Crippen LogP contribution in [0.5, 0.6) is 5.75 Å². The van der Waals surface area contributed by atoms with Gasteiger partial charge in [0.1, 0.15) is 5.75 Å². The number of benzene rings is 1. The van der Waals surface area contributed by atoms with Gasteiger partial charge in [-0.1, -0.05) is 39.0 Å². The third-order valence-electron chi connectivity index (χ3n) is 3.40. The van der Waals surface area contributed by atoms with Gasteiger partial charge in [0, 0.05) is 6.04 Å². The molecule has 1 atom stereocenters. The van der Waals surface area contributed by atoms with Crippen molar-refractivity contribution in [1.29, 1.82) is 0 Å². The van der Waals surface area contributed by atoms with Crippen LogP contribution in [0.25, 0.3) is 0 Å². The first-order valence-corrected chi connectivity index (χ1v) is 8.13. The van der Waals surface area contributed by atoms with Gasteiger partial charge in [-0.15, -0.1) is 0 Å². The molecule has 1 aromatic rings. The summed E-state index contributed by atoms with van der Waals surface area (Å²) in [5, 5.41) is 3.67. The van der Waals surface area contributed by atoms with Crippen LogP contribution in [0.3, 0.4) is 0 Å². The van der Waals surface area contributed by atoms with Crippen LogP contribution < -0.4 is 10.1 Å². The highest BCUT2D eigenvalue weighted by molar-refractivity contribution is 5.20. The molecular weight excluding hydrogens is 246 g/mol. The Labute approximate surface area is 124 Å². The molecule has 1 unspecified atom stereocenters. The average molecular weight is 277 g/mol. The van der Waals surface area contributed by atoms with E-state index in [0.29, 0.717) is 6.04 Å². The van der Waals surface area contributed by atoms with Crippen molar-refractivity contribution in [2.45, 2.75) is 58.9 Å². The molecule has 0 saturated carbocycles. The zero-order valence-electron chi connectivity index (χ0n) is 13.4. The maximum Gasteiger partial charge on any atom is 0.119 e. The third-order valence-corrected chi connectivity index (χ3v) is 3.40. The zero-order chi connectivity index (χ0) is 14.6. The Balaban J connectivity index is 2.13. The first-order valence-electron chi connectivity index (χ1n) is 8.13. The van der Waals surface area contributed by atoms with Crippen molar-refractivity contribution in [3.63, 3.8) is 0 Å². The summed E-state index contributed by atoms with van der Waals surface area (Å²) in [5.41, 5.74) is 0. The van der Waals surface area contributed by atoms with E-state index in [1.54, 1.807) is 0 Å². The van der Waals surface area contributed by atoms with Gasteiger partial charge < -0.3 is 10.1 Å². The van der Waals surface area contributed by atoms with Crippen molar-refractivity contribution in [3.8, 4) is 5.75 Å². The van der Waals surface area contributed by atoms with Crippen LogP contribution in [-0.2, 0) is 0 Å². The summed E-state index contributed by atoms with van der Waals surface area (Å²) >= 11 is 0. The second kappa shape index (κ2) is 10.7. The Hall–Kier alpha value is -1.02. The van der Waals surface area contributed by atoms with E-state index in [9.17, 15) is 0 Å². The lowest BCUT2D eigenvalue weighted by Crippen LogP contribution is -2.31. The Morgan fingerprint density at radius 1 is 1.10 bits per heavy atom. The highest BCUT2D eigenvalue weighted by atomic mass is 16.5. The minimum Gasteiger partial charge on any atom is -0.494 e. The molecule has 2 heteroatoms. The minimum atomic E-state index is 0.673. The molecular formula is C18H31NO. The molecule has 20 heavy (non-hydrogen) atoms. The van der Waals surface area contributed by atoms with Gasteiger partial charge in [-0.25, -0.2) is 0 Å². The molecule has 1 aromatic carbocycles. The van der Waals surface area contributed by atoms with Crippen molar-refractivity contribution in [2.24, 2.45) is 5.92 Å². The van der Waals surface area contributed by atoms with E-state index in [-0.39, 0.29) is 0 Å². The SMILES string of the molecule is CCCNC(CCCCOc1ccccc1)CC(C)C. The smallest absolute Gasteiger partial charge is 0.119 e. The fraction of sp³-hybridized carbons (Fsp3) is 0.667. The largest absolute Gasteiger partial charge is 0.494 e. The lowest BCUT2D eigenvalue weighted by atomic mass is 9.99. The van der Waals surface area contributed by atoms with Gasteiger partial charge >= 0.3 is 0 Å². The van der Waals surface area contributed by atoms with Crippen molar-refractivity contribution < 1.29 is 4.74 Å². The van der Waals surface area contributed by atoms with Gasteiger partial charge in [-0.05, 0) is 56.7 Å². The summed E-state index contributed by atoms with van der Waals surface area (Å²) in [6.45, 7) is 8.80. The molecule has 0 radical (unpaired) electrons. The number of para-hydroxylation sites is 1. The fourth-order valence-corrected chi connectivity index (χ4v) is 2.42. The first-order chi connectivity index (χ1) is 9.72. The maximum atomic E-state index is 5.73. The lowest BCUT2D eigenvalue weighted by Gasteiger charge is -2.20. The second-order valence-corrected chi connectivity index (χ2v) is 5.94. The zero-order valence-corrected chi connectivity index (χ0v) is 13.4. The van der Waals surface area contributed by atoms with Gasteiger partial charge in [-0.2, -0.15) is 0 Å². The predicted molar refractivity (Wildman–Crippen MR) is 87.3 cm³/mol. The Morgan fingerprint density at radius 2 is 1.85 bits per heavy atom. The Bertz CT molecular complexity index is 323. The predicted octanol–water partition coefficient (Wildman–Crippen LogP) is 4.65. The molecule has 2 nitrogen and oxygen atoms in total. The van der Waals surface area contributed by atoms with Crippen molar-refractivity contribution >= 4 is 0 Å². The Kier molecular flexibility index (Phi) is 9.14. The number of hydrogen-bond donors (Lipinski definition) is 1. The summed E-state index contributed by atoms with van der Waals surface area (Å²) in [7, 11) is 0. The molecule has 0 bridgehead atoms. The van der Waals surface area contributed by atoms with Gasteiger partial charge in [0.15, 0.2) is 0 Å². The fourth-order valence-electron chi connectivity index (χ4n) is 2.42. The number of unbranched alkanes of at least 4 members (excludes halogenated alkanes) is 1. The number of ether oxygens (including phenoxy) is 1. The van der Waals surface area contributed by atoms with E-state index in [0.717, 1.165) is 31.2 Å². The number of rotatable bonds is 11. The van der Waals surface area contributed by atoms with Crippen LogP contribution in [0.1, 0.15) is 52.9 Å². The van der Waals surface area contributed by atoms with Crippen molar-refractivity contribution in [2.75, 3.05) is 13.2 Å². The monoisotopic (exact) mass is 277 g/mol. The Morgan fingerprint density at radius 3 is 2.50 bits per heavy atom. The van der Waals surface area contributed by atoms with Crippen LogP contribution in [-0.4, -0.2) is 19.2 Å². The summed E-state index contributed by atoms with van der Waals surface area (Å²) in [6, 6.07) is 10.8. The summed E-state index contributed by atoms with van der Waals surface area (Å²) < 4.78 is 5.73. The number of nitrogens with one attached hydrogen (secondary N) is 1. The quantitative estimate of drug-likeness (QED) is 0.594. The van der Waals surface area contributed by atoms with Crippen LogP contribution in [0.2, 0.25) is 0 Å². The molecule has 1 rings (SSSR count). The molecule has 0 amide bonds. The van der Waals surface area contributed by atoms with Crippen LogP contribution in [0.4, 0.5) is 0 Å². The van der Waals surface area contributed by atoms with Gasteiger partial charge in [0.05, 0.1) is 6.61 Å². The molecule has 0 aliphatic rings. The molecule has 0 aromatic heterocycles. The van der Waals surface area contributed by atoms with Gasteiger partial charge in [0.2, 0.25) is 0 Å². The molecule has 0 aliphatic heterocycles. The van der Waals surface area contributed by atoms with E-state index in [4.69, 9.17) is 4.74 Å². The standard InChI is InChI=1S/C18H31NO/c1-4-13-19-17(15-16(2)3)10-8-9-14-20-18-11-6-5-7-12-18/h5-7,11-12,16-17,19H,4,8-10,13-15H2,1-3H3. The first kappa shape index (κ1) is 17.0. The number of hydrogen-bond acceptors (Lipinski definition) is 2. The molecule has 0 spiro atoms. The van der Waals surface area contributed by atoms with E-state index in [1.165, 1.54) is 25.7 Å². The molecule has 0 fully saturated rings. The normalized spacial score (nSPS) is 12.6. The summed E-state index contributed by atoms with van der Waals surface area (Å²) in [5.74, 6) is 1.75. The molecule has 0 heterocycles. The lowest BCUT2D eigenvalue weighted by molar-refractivity contribution is 0.296.